The number of para-hydroxylation sites is 2. The number of nitrogens with one attached hydrogen (secondary N) is 1. The highest BCUT2D eigenvalue weighted by molar-refractivity contribution is 6.04. The molecule has 0 saturated carbocycles. The first kappa shape index (κ1) is 19.1. The van der Waals surface area contributed by atoms with Crippen molar-refractivity contribution in [1.29, 1.82) is 0 Å². The number of carbonyl (C=O) groups excluding carboxylic acids is 1. The maximum absolute atomic E-state index is 12.7. The summed E-state index contributed by atoms with van der Waals surface area (Å²) in [6.07, 6.45) is 1.02. The van der Waals surface area contributed by atoms with E-state index in [1.54, 1.807) is 0 Å². The average molecular weight is 370 g/mol. The van der Waals surface area contributed by atoms with Gasteiger partial charge >= 0.3 is 0 Å². The Morgan fingerprint density at radius 1 is 1.19 bits per heavy atom. The van der Waals surface area contributed by atoms with Crippen LogP contribution >= 0.6 is 0 Å². The monoisotopic (exact) mass is 370 g/mol. The van der Waals surface area contributed by atoms with Crippen molar-refractivity contribution in [3.8, 4) is 0 Å². The summed E-state index contributed by atoms with van der Waals surface area (Å²) < 4.78 is 7.13. The van der Waals surface area contributed by atoms with E-state index in [-0.39, 0.29) is 29.4 Å². The zero-order chi connectivity index (χ0) is 19.4. The van der Waals surface area contributed by atoms with E-state index >= 15 is 0 Å². The maximum atomic E-state index is 12.7. The molecule has 1 aliphatic rings. The molecule has 1 aliphatic heterocycles. The van der Waals surface area contributed by atoms with Gasteiger partial charge in [-0.15, -0.1) is 0 Å². The fourth-order valence-electron chi connectivity index (χ4n) is 3.36. The Morgan fingerprint density at radius 3 is 2.59 bits per heavy atom. The first-order valence-electron chi connectivity index (χ1n) is 9.37. The Morgan fingerprint density at radius 2 is 1.89 bits per heavy atom. The number of morpholine rings is 1. The zero-order valence-electron chi connectivity index (χ0n) is 16.0. The molecule has 3 rings (SSSR count). The molecule has 0 aliphatic carbocycles. The molecule has 0 radical (unpaired) electrons. The summed E-state index contributed by atoms with van der Waals surface area (Å²) in [5.74, 6) is -0.332. The number of hydrogen-bond acceptors (Lipinski definition) is 5. The minimum absolute atomic E-state index is 0.122. The molecule has 1 amide bonds. The van der Waals surface area contributed by atoms with E-state index in [0.717, 1.165) is 30.9 Å². The summed E-state index contributed by atoms with van der Waals surface area (Å²) in [7, 11) is 0. The molecular formula is C20H26N4O3. The van der Waals surface area contributed by atoms with E-state index < -0.39 is 0 Å². The number of aryl methyl sites for hydroxylation is 1. The van der Waals surface area contributed by atoms with Crippen LogP contribution in [0.1, 0.15) is 37.7 Å². The second kappa shape index (κ2) is 8.35. The lowest BCUT2D eigenvalue weighted by Crippen LogP contribution is -2.45. The topological polar surface area (TPSA) is 76.5 Å². The number of aromatic nitrogens is 2. The van der Waals surface area contributed by atoms with Gasteiger partial charge in [0.05, 0.1) is 23.6 Å². The number of nitrogens with zero attached hydrogens (tertiary/aromatic N) is 3. The van der Waals surface area contributed by atoms with Gasteiger partial charge in [0, 0.05) is 25.7 Å². The van der Waals surface area contributed by atoms with Crippen molar-refractivity contribution in [3.63, 3.8) is 0 Å². The Bertz CT molecular complexity index is 854. The lowest BCUT2D eigenvalue weighted by molar-refractivity contribution is -0.00517. The Kier molecular flexibility index (Phi) is 5.91. The minimum atomic E-state index is -0.332. The molecule has 1 N–H and O–H groups in total. The first-order chi connectivity index (χ1) is 13.0. The average Bonchev–Trinajstić information content (AvgIpc) is 2.63. The van der Waals surface area contributed by atoms with Crippen molar-refractivity contribution in [3.05, 3.63) is 52.4 Å². The van der Waals surface area contributed by atoms with Crippen LogP contribution in [-0.4, -0.2) is 41.0 Å². The molecule has 1 aromatic heterocycles. The summed E-state index contributed by atoms with van der Waals surface area (Å²) in [4.78, 5) is 26.8. The number of hydrogen-bond donors (Lipinski definition) is 1. The third-order valence-electron chi connectivity index (χ3n) is 4.45. The van der Waals surface area contributed by atoms with E-state index in [1.807, 2.05) is 45.0 Å². The predicted octanol–water partition coefficient (Wildman–Crippen LogP) is 2.52. The Labute approximate surface area is 158 Å². The van der Waals surface area contributed by atoms with Crippen LogP contribution in [0.25, 0.3) is 0 Å². The van der Waals surface area contributed by atoms with Gasteiger partial charge < -0.3 is 15.0 Å². The van der Waals surface area contributed by atoms with Gasteiger partial charge in [0.2, 0.25) is 0 Å². The van der Waals surface area contributed by atoms with Crippen LogP contribution < -0.4 is 15.8 Å². The van der Waals surface area contributed by atoms with Gasteiger partial charge in [-0.3, -0.25) is 9.59 Å². The van der Waals surface area contributed by atoms with Crippen LogP contribution in [0.4, 0.5) is 11.4 Å². The maximum Gasteiger partial charge on any atom is 0.276 e. The molecule has 0 bridgehead atoms. The molecule has 1 saturated heterocycles. The molecule has 2 aromatic rings. The van der Waals surface area contributed by atoms with Gasteiger partial charge in [0.25, 0.3) is 11.5 Å². The third kappa shape index (κ3) is 4.54. The summed E-state index contributed by atoms with van der Waals surface area (Å²) in [5.41, 5.74) is 1.69. The SMILES string of the molecule is CCCn1nc(C(=O)Nc2ccccc2N2CC(C)OC(C)C2)ccc1=O. The highest BCUT2D eigenvalue weighted by atomic mass is 16.5. The van der Waals surface area contributed by atoms with Crippen molar-refractivity contribution in [2.45, 2.75) is 45.9 Å². The van der Waals surface area contributed by atoms with Crippen molar-refractivity contribution in [1.82, 2.24) is 9.78 Å². The summed E-state index contributed by atoms with van der Waals surface area (Å²) in [6.45, 7) is 8.06. The van der Waals surface area contributed by atoms with Gasteiger partial charge in [-0.1, -0.05) is 19.1 Å². The molecule has 2 atom stereocenters. The van der Waals surface area contributed by atoms with Gasteiger partial charge in [0.1, 0.15) is 5.69 Å². The zero-order valence-corrected chi connectivity index (χ0v) is 16.0. The minimum Gasteiger partial charge on any atom is -0.372 e. The second-order valence-electron chi connectivity index (χ2n) is 6.91. The third-order valence-corrected chi connectivity index (χ3v) is 4.45. The fourth-order valence-corrected chi connectivity index (χ4v) is 3.36. The van der Waals surface area contributed by atoms with Crippen LogP contribution in [0.5, 0.6) is 0 Å². The lowest BCUT2D eigenvalue weighted by Gasteiger charge is -2.37. The molecule has 2 unspecified atom stereocenters. The molecule has 7 heteroatoms. The van der Waals surface area contributed by atoms with Gasteiger partial charge in [-0.05, 0) is 38.5 Å². The molecule has 1 fully saturated rings. The molecule has 2 heterocycles. The quantitative estimate of drug-likeness (QED) is 0.875. The highest BCUT2D eigenvalue weighted by Crippen LogP contribution is 2.28. The van der Waals surface area contributed by atoms with Crippen LogP contribution in [0.3, 0.4) is 0 Å². The lowest BCUT2D eigenvalue weighted by atomic mass is 10.1. The smallest absolute Gasteiger partial charge is 0.276 e. The Hall–Kier alpha value is -2.67. The number of benzene rings is 1. The van der Waals surface area contributed by atoms with Crippen molar-refractivity contribution in [2.75, 3.05) is 23.3 Å². The first-order valence-corrected chi connectivity index (χ1v) is 9.37. The number of rotatable bonds is 5. The molecule has 27 heavy (non-hydrogen) atoms. The largest absolute Gasteiger partial charge is 0.372 e. The molecule has 1 aromatic carbocycles. The predicted molar refractivity (Wildman–Crippen MR) is 105 cm³/mol. The number of ether oxygens (including phenoxy) is 1. The molecule has 144 valence electrons. The van der Waals surface area contributed by atoms with Crippen LogP contribution in [0, 0.1) is 0 Å². The number of carbonyl (C=O) groups is 1. The van der Waals surface area contributed by atoms with E-state index in [1.165, 1.54) is 16.8 Å². The fraction of sp³-hybridized carbons (Fsp3) is 0.450. The van der Waals surface area contributed by atoms with E-state index in [0.29, 0.717) is 6.54 Å². The van der Waals surface area contributed by atoms with Crippen molar-refractivity contribution in [2.24, 2.45) is 0 Å². The summed E-state index contributed by atoms with van der Waals surface area (Å²) in [5, 5.41) is 7.13. The van der Waals surface area contributed by atoms with E-state index in [9.17, 15) is 9.59 Å². The van der Waals surface area contributed by atoms with Gasteiger partial charge in [-0.2, -0.15) is 5.10 Å². The Balaban J connectivity index is 1.83. The van der Waals surface area contributed by atoms with Crippen molar-refractivity contribution >= 4 is 17.3 Å². The number of amides is 1. The van der Waals surface area contributed by atoms with Gasteiger partial charge in [-0.25, -0.2) is 4.68 Å². The van der Waals surface area contributed by atoms with Crippen LogP contribution in [0.15, 0.2) is 41.2 Å². The summed E-state index contributed by atoms with van der Waals surface area (Å²) >= 11 is 0. The number of anilines is 2. The van der Waals surface area contributed by atoms with E-state index in [4.69, 9.17) is 4.74 Å². The van der Waals surface area contributed by atoms with Crippen LogP contribution in [0.2, 0.25) is 0 Å². The molecule has 0 spiro atoms. The standard InChI is InChI=1S/C20H26N4O3/c1-4-11-24-19(25)10-9-17(22-24)20(26)21-16-7-5-6-8-18(16)23-12-14(2)27-15(3)13-23/h5-10,14-15H,4,11-13H2,1-3H3,(H,21,26). The van der Waals surface area contributed by atoms with Crippen molar-refractivity contribution < 1.29 is 9.53 Å². The normalized spacial score (nSPS) is 19.7. The molecule has 7 nitrogen and oxygen atoms in total. The van der Waals surface area contributed by atoms with Crippen LogP contribution in [-0.2, 0) is 11.3 Å². The van der Waals surface area contributed by atoms with E-state index in [2.05, 4.69) is 15.3 Å². The molecular weight excluding hydrogens is 344 g/mol. The highest BCUT2D eigenvalue weighted by Gasteiger charge is 2.24. The second-order valence-corrected chi connectivity index (χ2v) is 6.91. The van der Waals surface area contributed by atoms with Gasteiger partial charge in [0.15, 0.2) is 0 Å². The summed E-state index contributed by atoms with van der Waals surface area (Å²) in [6, 6.07) is 10.6.